The van der Waals surface area contributed by atoms with E-state index < -0.39 is 6.09 Å². The highest BCUT2D eigenvalue weighted by molar-refractivity contribution is 7.98. The Kier molecular flexibility index (Phi) is 4.29. The number of hydrogen-bond acceptors (Lipinski definition) is 6. The molecule has 23 heavy (non-hydrogen) atoms. The first-order valence-corrected chi connectivity index (χ1v) is 7.65. The number of H-pyrrole nitrogens is 1. The minimum atomic E-state index is -1.16. The molecule has 1 aromatic carbocycles. The Morgan fingerprint density at radius 2 is 2.35 bits per heavy atom. The molecule has 0 aliphatic heterocycles. The van der Waals surface area contributed by atoms with Crippen LogP contribution in [0.2, 0.25) is 0 Å². The van der Waals surface area contributed by atoms with Crippen LogP contribution in [0, 0.1) is 6.92 Å². The topological polar surface area (TPSA) is 117 Å². The molecule has 0 spiro atoms. The van der Waals surface area contributed by atoms with Crippen molar-refractivity contribution in [1.29, 1.82) is 0 Å². The Morgan fingerprint density at radius 1 is 1.48 bits per heavy atom. The van der Waals surface area contributed by atoms with Gasteiger partial charge in [0.25, 0.3) is 0 Å². The van der Waals surface area contributed by atoms with Crippen molar-refractivity contribution < 1.29 is 14.4 Å². The van der Waals surface area contributed by atoms with Crippen LogP contribution in [-0.4, -0.2) is 31.5 Å². The lowest BCUT2D eigenvalue weighted by atomic mass is 10.1. The van der Waals surface area contributed by atoms with E-state index >= 15 is 0 Å². The van der Waals surface area contributed by atoms with Crippen LogP contribution in [0.1, 0.15) is 11.3 Å². The Hall–Kier alpha value is -2.81. The predicted octanol–water partition coefficient (Wildman–Crippen LogP) is 3.15. The summed E-state index contributed by atoms with van der Waals surface area (Å²) in [7, 11) is 0. The normalized spacial score (nSPS) is 10.7. The second-order valence-electron chi connectivity index (χ2n) is 4.68. The van der Waals surface area contributed by atoms with E-state index in [1.54, 1.807) is 6.92 Å². The van der Waals surface area contributed by atoms with Gasteiger partial charge in [-0.2, -0.15) is 5.10 Å². The maximum Gasteiger partial charge on any atom is 0.409 e. The molecule has 0 unspecified atom stereocenters. The van der Waals surface area contributed by atoms with E-state index in [1.165, 1.54) is 18.1 Å². The molecular weight excluding hydrogens is 318 g/mol. The second-order valence-corrected chi connectivity index (χ2v) is 5.65. The molecule has 0 aliphatic carbocycles. The van der Waals surface area contributed by atoms with Gasteiger partial charge in [-0.05, 0) is 18.6 Å². The van der Waals surface area contributed by atoms with E-state index in [2.05, 4.69) is 25.7 Å². The number of amides is 1. The Morgan fingerprint density at radius 3 is 3.09 bits per heavy atom. The molecule has 0 aliphatic rings. The highest BCUT2D eigenvalue weighted by Crippen LogP contribution is 2.32. The lowest BCUT2D eigenvalue weighted by Crippen LogP contribution is -2.08. The van der Waals surface area contributed by atoms with Gasteiger partial charge in [-0.1, -0.05) is 35.1 Å². The Labute approximate surface area is 135 Å². The highest BCUT2D eigenvalue weighted by Gasteiger charge is 2.17. The summed E-state index contributed by atoms with van der Waals surface area (Å²) in [5.74, 6) is 1.09. The van der Waals surface area contributed by atoms with Gasteiger partial charge in [0.2, 0.25) is 0 Å². The number of nitrogens with one attached hydrogen (secondary N) is 2. The van der Waals surface area contributed by atoms with Gasteiger partial charge in [0.15, 0.2) is 10.9 Å². The Balaban J connectivity index is 1.83. The molecule has 0 saturated heterocycles. The molecule has 3 rings (SSSR count). The molecule has 118 valence electrons. The number of rotatable bonds is 5. The molecule has 2 aromatic heterocycles. The van der Waals surface area contributed by atoms with Crippen molar-refractivity contribution in [2.45, 2.75) is 17.8 Å². The fraction of sp³-hybridized carbons (Fsp3) is 0.143. The number of aryl methyl sites for hydroxylation is 1. The zero-order valence-corrected chi connectivity index (χ0v) is 12.9. The predicted molar refractivity (Wildman–Crippen MR) is 84.3 cm³/mol. The summed E-state index contributed by atoms with van der Waals surface area (Å²) in [6.07, 6.45) is 0.300. The van der Waals surface area contributed by atoms with E-state index in [0.29, 0.717) is 22.9 Å². The highest BCUT2D eigenvalue weighted by atomic mass is 32.2. The van der Waals surface area contributed by atoms with E-state index in [4.69, 9.17) is 9.63 Å². The number of hydrogen-bond donors (Lipinski definition) is 3. The van der Waals surface area contributed by atoms with Crippen molar-refractivity contribution in [2.24, 2.45) is 0 Å². The van der Waals surface area contributed by atoms with Gasteiger partial charge in [0.05, 0.1) is 0 Å². The van der Waals surface area contributed by atoms with Crippen LogP contribution in [0.15, 0.2) is 40.3 Å². The number of aromatic amines is 1. The first kappa shape index (κ1) is 15.1. The molecule has 9 heteroatoms. The van der Waals surface area contributed by atoms with Crippen LogP contribution in [0.25, 0.3) is 11.3 Å². The first-order chi connectivity index (χ1) is 11.1. The molecule has 2 heterocycles. The summed E-state index contributed by atoms with van der Waals surface area (Å²) in [5.41, 5.74) is 2.64. The molecule has 0 fully saturated rings. The summed E-state index contributed by atoms with van der Waals surface area (Å²) < 4.78 is 5.28. The van der Waals surface area contributed by atoms with E-state index in [9.17, 15) is 4.79 Å². The van der Waals surface area contributed by atoms with E-state index in [-0.39, 0.29) is 0 Å². The van der Waals surface area contributed by atoms with Gasteiger partial charge in [0, 0.05) is 11.3 Å². The summed E-state index contributed by atoms with van der Waals surface area (Å²) >= 11 is 1.52. The summed E-state index contributed by atoms with van der Waals surface area (Å²) in [6, 6.07) is 7.63. The van der Waals surface area contributed by atoms with Crippen LogP contribution in [0.3, 0.4) is 0 Å². The number of benzene rings is 1. The van der Waals surface area contributed by atoms with Gasteiger partial charge in [-0.15, -0.1) is 0 Å². The largest absolute Gasteiger partial charge is 0.465 e. The lowest BCUT2D eigenvalue weighted by molar-refractivity contribution is 0.209. The third-order valence-corrected chi connectivity index (χ3v) is 4.00. The molecule has 0 bridgehead atoms. The summed E-state index contributed by atoms with van der Waals surface area (Å²) in [6.45, 7) is 1.68. The molecule has 8 nitrogen and oxygen atoms in total. The van der Waals surface area contributed by atoms with Gasteiger partial charge >= 0.3 is 6.09 Å². The second kappa shape index (κ2) is 6.53. The SMILES string of the molecule is Cc1noc(-c2cccc(CSc3ncn[nH]3)c2)c1NC(=O)O. The Bertz CT molecular complexity index is 816. The first-order valence-electron chi connectivity index (χ1n) is 6.67. The van der Waals surface area contributed by atoms with Crippen molar-refractivity contribution in [3.05, 3.63) is 41.9 Å². The third-order valence-electron chi connectivity index (χ3n) is 3.05. The third kappa shape index (κ3) is 3.51. The number of aromatic nitrogens is 4. The summed E-state index contributed by atoms with van der Waals surface area (Å²) in [5, 5.41) is 22.4. The van der Waals surface area contributed by atoms with Gasteiger partial charge in [-0.3, -0.25) is 10.4 Å². The quantitative estimate of drug-likeness (QED) is 0.615. The van der Waals surface area contributed by atoms with Crippen LogP contribution in [0.5, 0.6) is 0 Å². The smallest absolute Gasteiger partial charge is 0.409 e. The number of thioether (sulfide) groups is 1. The number of anilines is 1. The van der Waals surface area contributed by atoms with Crippen molar-refractivity contribution >= 4 is 23.5 Å². The van der Waals surface area contributed by atoms with Crippen molar-refractivity contribution in [1.82, 2.24) is 20.3 Å². The maximum atomic E-state index is 10.9. The van der Waals surface area contributed by atoms with Crippen LogP contribution >= 0.6 is 11.8 Å². The van der Waals surface area contributed by atoms with Gasteiger partial charge in [-0.25, -0.2) is 9.78 Å². The zero-order valence-electron chi connectivity index (χ0n) is 12.1. The fourth-order valence-electron chi connectivity index (χ4n) is 2.04. The molecule has 1 amide bonds. The minimum absolute atomic E-state index is 0.359. The van der Waals surface area contributed by atoms with Crippen molar-refractivity contribution in [3.63, 3.8) is 0 Å². The van der Waals surface area contributed by atoms with Crippen LogP contribution in [0.4, 0.5) is 10.5 Å². The molecule has 0 saturated carbocycles. The van der Waals surface area contributed by atoms with Gasteiger partial charge < -0.3 is 9.63 Å². The van der Waals surface area contributed by atoms with Crippen LogP contribution < -0.4 is 5.32 Å². The average molecular weight is 331 g/mol. The van der Waals surface area contributed by atoms with Gasteiger partial charge in [0.1, 0.15) is 17.7 Å². The number of carboxylic acid groups (broad SMARTS) is 1. The maximum absolute atomic E-state index is 10.9. The fourth-order valence-corrected chi connectivity index (χ4v) is 2.76. The number of nitrogens with zero attached hydrogens (tertiary/aromatic N) is 3. The van der Waals surface area contributed by atoms with Crippen LogP contribution in [-0.2, 0) is 5.75 Å². The zero-order chi connectivity index (χ0) is 16.2. The summed E-state index contributed by atoms with van der Waals surface area (Å²) in [4.78, 5) is 15.0. The molecule has 0 radical (unpaired) electrons. The van der Waals surface area contributed by atoms with E-state index in [1.807, 2.05) is 24.3 Å². The molecular formula is C14H13N5O3S. The molecule has 3 N–H and O–H groups in total. The standard InChI is InChI=1S/C14H13N5O3S/c1-8-11(17-14(20)21)12(22-19-8)10-4-2-3-9(5-10)6-23-13-15-7-16-18-13/h2-5,7,17H,6H2,1H3,(H,20,21)(H,15,16,18). The minimum Gasteiger partial charge on any atom is -0.465 e. The number of carbonyl (C=O) groups is 1. The molecule has 3 aromatic rings. The monoisotopic (exact) mass is 331 g/mol. The van der Waals surface area contributed by atoms with E-state index in [0.717, 1.165) is 16.3 Å². The van der Waals surface area contributed by atoms with Crippen molar-refractivity contribution in [3.8, 4) is 11.3 Å². The lowest BCUT2D eigenvalue weighted by Gasteiger charge is -2.04. The molecule has 0 atom stereocenters. The van der Waals surface area contributed by atoms with Crippen molar-refractivity contribution in [2.75, 3.05) is 5.32 Å². The average Bonchev–Trinajstić information content (AvgIpc) is 3.16.